The maximum Gasteiger partial charge on any atom is 1.00 e. The second-order valence-electron chi connectivity index (χ2n) is 10.5. The van der Waals surface area contributed by atoms with Crippen molar-refractivity contribution in [3.8, 4) is 0 Å². The van der Waals surface area contributed by atoms with Crippen LogP contribution in [0.15, 0.2) is 49.1 Å². The van der Waals surface area contributed by atoms with Crippen molar-refractivity contribution in [1.29, 1.82) is 0 Å². The van der Waals surface area contributed by atoms with Gasteiger partial charge >= 0.3 is 37.7 Å². The summed E-state index contributed by atoms with van der Waals surface area (Å²) in [6, 6.07) is 3.12. The van der Waals surface area contributed by atoms with Crippen LogP contribution in [0.4, 0.5) is 0 Å². The van der Waals surface area contributed by atoms with Crippen LogP contribution in [0.25, 0.3) is 11.1 Å². The Morgan fingerprint density at radius 3 is 1.32 bits per heavy atom. The number of carboxylic acids is 2. The summed E-state index contributed by atoms with van der Waals surface area (Å²) < 4.78 is 10.1. The number of aromatic nitrogens is 2. The normalized spacial score (nSPS) is 18.0. The van der Waals surface area contributed by atoms with Crippen LogP contribution in [0, 0.1) is 11.8 Å². The topological polar surface area (TPSA) is 165 Å². The number of carbonyl (C=O) groups excluding carboxylic acids is 4. The predicted octanol–water partition coefficient (Wildman–Crippen LogP) is -6.58. The van der Waals surface area contributed by atoms with E-state index in [4.69, 9.17) is 9.47 Å². The van der Waals surface area contributed by atoms with Crippen molar-refractivity contribution in [2.45, 2.75) is 12.8 Å². The van der Waals surface area contributed by atoms with Crippen molar-refractivity contribution in [1.82, 2.24) is 19.8 Å². The monoisotopic (exact) mass is 588 g/mol. The number of aromatic carboxylic acids is 2. The third kappa shape index (κ3) is 8.48. The van der Waals surface area contributed by atoms with Crippen molar-refractivity contribution < 1.29 is 76.6 Å². The smallest absolute Gasteiger partial charge is 0.545 e. The molecule has 0 N–H and O–H groups in total. The fourth-order valence-electron chi connectivity index (χ4n) is 4.99. The van der Waals surface area contributed by atoms with Crippen LogP contribution in [0.1, 0.15) is 44.7 Å². The van der Waals surface area contributed by atoms with Gasteiger partial charge in [0.1, 0.15) is 0 Å². The van der Waals surface area contributed by atoms with E-state index in [9.17, 15) is 29.4 Å². The van der Waals surface area contributed by atoms with Crippen LogP contribution in [0.3, 0.4) is 0 Å². The van der Waals surface area contributed by atoms with Gasteiger partial charge in [-0.1, -0.05) is 12.2 Å². The average Bonchev–Trinajstić information content (AvgIpc) is 2.96. The Hall–Kier alpha value is -3.23. The number of carboxylic acid groups (broad SMARTS) is 2. The fourth-order valence-corrected chi connectivity index (χ4v) is 4.99. The molecular weight excluding hydrogens is 558 g/mol. The first-order valence-corrected chi connectivity index (χ1v) is 13.7. The number of carbonyl (C=O) groups is 4. The molecule has 12 nitrogen and oxygen atoms in total. The number of ether oxygens (including phenoxy) is 2. The first-order chi connectivity index (χ1) is 20.3. The van der Waals surface area contributed by atoms with E-state index in [0.29, 0.717) is 65.4 Å². The van der Waals surface area contributed by atoms with Gasteiger partial charge in [-0.2, -0.15) is 0 Å². The standard InChI is InChI=1S/2C15H16N2O4.2Li/c2*18-14(13-8-21-9-13)17-3-1-10(2-4-17)11-5-12(15(19)20)7-16-6-11;;/h2*1,5-7,13H,2-4,8-9H2,(H,19,20);;/q;;2*+1/p-2. The molecule has 0 unspecified atom stereocenters. The van der Waals surface area contributed by atoms with Crippen LogP contribution in [-0.4, -0.2) is 96.1 Å². The quantitative estimate of drug-likeness (QED) is 0.296. The van der Waals surface area contributed by atoms with Gasteiger partial charge in [0.15, 0.2) is 0 Å². The van der Waals surface area contributed by atoms with E-state index in [0.717, 1.165) is 22.3 Å². The molecule has 0 atom stereocenters. The zero-order valence-corrected chi connectivity index (χ0v) is 24.9. The van der Waals surface area contributed by atoms with Crippen molar-refractivity contribution in [3.05, 3.63) is 71.3 Å². The van der Waals surface area contributed by atoms with Gasteiger partial charge < -0.3 is 39.1 Å². The van der Waals surface area contributed by atoms with E-state index in [1.165, 1.54) is 12.4 Å². The molecule has 14 heteroatoms. The van der Waals surface area contributed by atoms with Gasteiger partial charge in [0.05, 0.1) is 50.2 Å². The Labute approximate surface area is 278 Å². The molecule has 0 aliphatic carbocycles. The first kappa shape index (κ1) is 35.3. The van der Waals surface area contributed by atoms with E-state index < -0.39 is 11.9 Å². The second kappa shape index (κ2) is 16.2. The molecule has 4 aliphatic rings. The Morgan fingerprint density at radius 1 is 0.659 bits per heavy atom. The molecule has 2 aromatic heterocycles. The molecule has 44 heavy (non-hydrogen) atoms. The molecule has 4 aliphatic heterocycles. The molecule has 0 aromatic carbocycles. The van der Waals surface area contributed by atoms with E-state index in [2.05, 4.69) is 9.97 Å². The number of amides is 2. The van der Waals surface area contributed by atoms with Crippen LogP contribution < -0.4 is 47.9 Å². The first-order valence-electron chi connectivity index (χ1n) is 13.7. The van der Waals surface area contributed by atoms with E-state index in [1.807, 2.05) is 22.0 Å². The molecule has 6 heterocycles. The summed E-state index contributed by atoms with van der Waals surface area (Å²) in [5.74, 6) is -2.19. The molecule has 220 valence electrons. The van der Waals surface area contributed by atoms with Gasteiger partial charge in [-0.15, -0.1) is 0 Å². The maximum absolute atomic E-state index is 12.1. The summed E-state index contributed by atoms with van der Waals surface area (Å²) in [4.78, 5) is 57.4. The Morgan fingerprint density at radius 2 is 1.05 bits per heavy atom. The Kier molecular flexibility index (Phi) is 13.0. The second-order valence-corrected chi connectivity index (χ2v) is 10.5. The van der Waals surface area contributed by atoms with E-state index in [1.54, 1.807) is 24.5 Å². The van der Waals surface area contributed by atoms with Crippen molar-refractivity contribution in [3.63, 3.8) is 0 Å². The SMILES string of the molecule is O=C([O-])c1cncc(C2=CCN(C(=O)C3COC3)CC2)c1.O=C([O-])c1cncc(C2=CCN(C(=O)C3COC3)CC2)c1.[Li+].[Li+]. The van der Waals surface area contributed by atoms with Crippen LogP contribution in [0.2, 0.25) is 0 Å². The molecule has 2 amide bonds. The largest absolute Gasteiger partial charge is 1.00 e. The number of hydrogen-bond donors (Lipinski definition) is 0. The summed E-state index contributed by atoms with van der Waals surface area (Å²) in [5.41, 5.74) is 3.71. The predicted molar refractivity (Wildman–Crippen MR) is 144 cm³/mol. The minimum absolute atomic E-state index is 0. The molecule has 0 spiro atoms. The van der Waals surface area contributed by atoms with Gasteiger partial charge in [-0.3, -0.25) is 19.6 Å². The molecule has 0 radical (unpaired) electrons. The van der Waals surface area contributed by atoms with E-state index in [-0.39, 0.29) is 72.5 Å². The number of rotatable bonds is 6. The van der Waals surface area contributed by atoms with Gasteiger partial charge in [-0.25, -0.2) is 0 Å². The average molecular weight is 588 g/mol. The number of nitrogens with zero attached hydrogens (tertiary/aromatic N) is 4. The Balaban J connectivity index is 0.000000230. The molecule has 2 saturated heterocycles. The summed E-state index contributed by atoms with van der Waals surface area (Å²) >= 11 is 0. The maximum atomic E-state index is 12.1. The Bertz CT molecular complexity index is 1330. The van der Waals surface area contributed by atoms with Crippen molar-refractivity contribution in [2.24, 2.45) is 11.8 Å². The summed E-state index contributed by atoms with van der Waals surface area (Å²) in [5, 5.41) is 21.7. The number of hydrogen-bond acceptors (Lipinski definition) is 10. The minimum Gasteiger partial charge on any atom is -0.545 e. The van der Waals surface area contributed by atoms with Crippen LogP contribution >= 0.6 is 0 Å². The zero-order valence-electron chi connectivity index (χ0n) is 24.9. The zero-order chi connectivity index (χ0) is 29.6. The molecule has 2 fully saturated rings. The third-order valence-electron chi connectivity index (χ3n) is 7.71. The van der Waals surface area contributed by atoms with Crippen molar-refractivity contribution in [2.75, 3.05) is 52.6 Å². The molecule has 0 bridgehead atoms. The van der Waals surface area contributed by atoms with Crippen LogP contribution in [0.5, 0.6) is 0 Å². The summed E-state index contributed by atoms with van der Waals surface area (Å²) in [6.07, 6.45) is 11.1. The van der Waals surface area contributed by atoms with Gasteiger partial charge in [0.25, 0.3) is 0 Å². The molecule has 0 saturated carbocycles. The van der Waals surface area contributed by atoms with Crippen LogP contribution in [-0.2, 0) is 19.1 Å². The molecule has 2 aromatic rings. The van der Waals surface area contributed by atoms with Crippen molar-refractivity contribution >= 4 is 34.9 Å². The van der Waals surface area contributed by atoms with E-state index >= 15 is 0 Å². The summed E-state index contributed by atoms with van der Waals surface area (Å²) in [7, 11) is 0. The fraction of sp³-hybridized carbons (Fsp3) is 0.400. The van der Waals surface area contributed by atoms with Gasteiger partial charge in [0, 0.05) is 62.1 Å². The van der Waals surface area contributed by atoms with Gasteiger partial charge in [0.2, 0.25) is 11.8 Å². The minimum atomic E-state index is -1.23. The number of pyridine rings is 2. The molecule has 6 rings (SSSR count). The summed E-state index contributed by atoms with van der Waals surface area (Å²) in [6.45, 7) is 4.42. The van der Waals surface area contributed by atoms with Gasteiger partial charge in [-0.05, 0) is 47.2 Å². The molecular formula is C30H30Li2N4O8. The third-order valence-corrected chi connectivity index (χ3v) is 7.71.